The number of hydrogen-bond donors (Lipinski definition) is 0. The van der Waals surface area contributed by atoms with Crippen LogP contribution in [0.3, 0.4) is 0 Å². The average molecular weight is 290 g/mol. The first kappa shape index (κ1) is 19.9. The molecule has 0 N–H and O–H groups in total. The standard InChI is InChI=1S/C20H34O/c1-2-3-4-5-6-7-8-9-10-11-12-13-14-15-16-17-18-19-20-21/h3-4,6-7,9-10,20H,2,5,8,11-19H2,1H3. The molecule has 0 aromatic rings. The Morgan fingerprint density at radius 1 is 0.571 bits per heavy atom. The summed E-state index contributed by atoms with van der Waals surface area (Å²) in [7, 11) is 0. The highest BCUT2D eigenvalue weighted by atomic mass is 16.1. The molecule has 21 heavy (non-hydrogen) atoms. The molecule has 0 saturated carbocycles. The molecular formula is C20H34O. The van der Waals surface area contributed by atoms with Crippen LogP contribution in [0.5, 0.6) is 0 Å². The van der Waals surface area contributed by atoms with Crippen LogP contribution >= 0.6 is 0 Å². The van der Waals surface area contributed by atoms with Crippen LogP contribution in [-0.2, 0) is 4.79 Å². The molecule has 1 nitrogen and oxygen atoms in total. The fourth-order valence-electron chi connectivity index (χ4n) is 2.20. The maximum atomic E-state index is 10.2. The quantitative estimate of drug-likeness (QED) is 0.190. The number of carbonyl (C=O) groups excluding carboxylic acids is 1. The Morgan fingerprint density at radius 3 is 1.62 bits per heavy atom. The SMILES string of the molecule is CCC=CCC=CCC=CCCCCCCCCCC=O. The molecule has 0 aliphatic heterocycles. The second-order valence-corrected chi connectivity index (χ2v) is 5.51. The zero-order valence-corrected chi connectivity index (χ0v) is 13.9. The fourth-order valence-corrected chi connectivity index (χ4v) is 2.20. The van der Waals surface area contributed by atoms with E-state index >= 15 is 0 Å². The number of allylic oxidation sites excluding steroid dienone is 6. The topological polar surface area (TPSA) is 17.1 Å². The van der Waals surface area contributed by atoms with E-state index in [1.54, 1.807) is 0 Å². The Morgan fingerprint density at radius 2 is 1.05 bits per heavy atom. The van der Waals surface area contributed by atoms with E-state index in [0.717, 1.165) is 38.4 Å². The lowest BCUT2D eigenvalue weighted by atomic mass is 10.1. The molecule has 1 heteroatoms. The minimum atomic E-state index is 0.744. The van der Waals surface area contributed by atoms with Gasteiger partial charge >= 0.3 is 0 Å². The molecule has 0 aliphatic rings. The monoisotopic (exact) mass is 290 g/mol. The van der Waals surface area contributed by atoms with Crippen LogP contribution < -0.4 is 0 Å². The van der Waals surface area contributed by atoms with Gasteiger partial charge in [0.25, 0.3) is 0 Å². The Kier molecular flexibility index (Phi) is 17.9. The highest BCUT2D eigenvalue weighted by molar-refractivity contribution is 5.48. The summed E-state index contributed by atoms with van der Waals surface area (Å²) in [6, 6.07) is 0. The Hall–Kier alpha value is -1.11. The molecule has 0 unspecified atom stereocenters. The minimum Gasteiger partial charge on any atom is -0.303 e. The first-order chi connectivity index (χ1) is 10.4. The van der Waals surface area contributed by atoms with E-state index in [-0.39, 0.29) is 0 Å². The van der Waals surface area contributed by atoms with Gasteiger partial charge in [-0.2, -0.15) is 0 Å². The van der Waals surface area contributed by atoms with Gasteiger partial charge in [-0.05, 0) is 38.5 Å². The maximum absolute atomic E-state index is 10.2. The molecule has 0 bridgehead atoms. The van der Waals surface area contributed by atoms with Gasteiger partial charge in [0, 0.05) is 6.42 Å². The lowest BCUT2D eigenvalue weighted by Crippen LogP contribution is -1.81. The van der Waals surface area contributed by atoms with Gasteiger partial charge in [0.1, 0.15) is 6.29 Å². The lowest BCUT2D eigenvalue weighted by molar-refractivity contribution is -0.107. The van der Waals surface area contributed by atoms with Gasteiger partial charge in [-0.1, -0.05) is 75.5 Å². The molecule has 0 aromatic heterocycles. The van der Waals surface area contributed by atoms with Crippen molar-refractivity contribution in [3.8, 4) is 0 Å². The summed E-state index contributed by atoms with van der Waals surface area (Å²) in [5.41, 5.74) is 0. The summed E-state index contributed by atoms with van der Waals surface area (Å²) in [4.78, 5) is 10.2. The molecule has 0 fully saturated rings. The zero-order chi connectivity index (χ0) is 15.4. The third-order valence-electron chi connectivity index (χ3n) is 3.47. The van der Waals surface area contributed by atoms with E-state index in [1.165, 1.54) is 44.9 Å². The van der Waals surface area contributed by atoms with Gasteiger partial charge in [0.05, 0.1) is 0 Å². The third-order valence-corrected chi connectivity index (χ3v) is 3.47. The Bertz CT molecular complexity index is 286. The molecule has 0 heterocycles. The van der Waals surface area contributed by atoms with E-state index in [4.69, 9.17) is 0 Å². The molecule has 0 aliphatic carbocycles. The molecule has 120 valence electrons. The van der Waals surface area contributed by atoms with Crippen LogP contribution in [0.2, 0.25) is 0 Å². The van der Waals surface area contributed by atoms with Crippen molar-refractivity contribution in [2.45, 2.75) is 84.0 Å². The summed E-state index contributed by atoms with van der Waals surface area (Å²) < 4.78 is 0. The molecule has 0 aromatic carbocycles. The van der Waals surface area contributed by atoms with Crippen molar-refractivity contribution in [3.05, 3.63) is 36.5 Å². The second-order valence-electron chi connectivity index (χ2n) is 5.51. The van der Waals surface area contributed by atoms with Crippen LogP contribution in [0, 0.1) is 0 Å². The number of hydrogen-bond acceptors (Lipinski definition) is 1. The van der Waals surface area contributed by atoms with Crippen LogP contribution in [0.25, 0.3) is 0 Å². The van der Waals surface area contributed by atoms with Crippen molar-refractivity contribution in [2.24, 2.45) is 0 Å². The third kappa shape index (κ3) is 18.9. The zero-order valence-electron chi connectivity index (χ0n) is 13.9. The van der Waals surface area contributed by atoms with Gasteiger partial charge in [-0.15, -0.1) is 0 Å². The highest BCUT2D eigenvalue weighted by Crippen LogP contribution is 2.09. The van der Waals surface area contributed by atoms with Crippen molar-refractivity contribution < 1.29 is 4.79 Å². The van der Waals surface area contributed by atoms with Crippen LogP contribution in [0.1, 0.15) is 84.0 Å². The van der Waals surface area contributed by atoms with Gasteiger partial charge in [0.2, 0.25) is 0 Å². The molecule has 0 spiro atoms. The molecule has 0 radical (unpaired) electrons. The van der Waals surface area contributed by atoms with E-state index in [9.17, 15) is 4.79 Å². The summed E-state index contributed by atoms with van der Waals surface area (Å²) in [5, 5.41) is 0. The Balaban J connectivity index is 3.18. The van der Waals surface area contributed by atoms with Crippen molar-refractivity contribution in [3.63, 3.8) is 0 Å². The molecule has 0 saturated heterocycles. The van der Waals surface area contributed by atoms with Crippen molar-refractivity contribution >= 4 is 6.29 Å². The summed E-state index contributed by atoms with van der Waals surface area (Å²) >= 11 is 0. The van der Waals surface area contributed by atoms with Crippen molar-refractivity contribution in [1.29, 1.82) is 0 Å². The summed E-state index contributed by atoms with van der Waals surface area (Å²) in [6.07, 6.45) is 28.7. The van der Waals surface area contributed by atoms with Gasteiger partial charge < -0.3 is 4.79 Å². The van der Waals surface area contributed by atoms with Crippen LogP contribution in [-0.4, -0.2) is 6.29 Å². The number of unbranched alkanes of at least 4 members (excludes halogenated alkanes) is 8. The number of aldehydes is 1. The van der Waals surface area contributed by atoms with Crippen LogP contribution in [0.15, 0.2) is 36.5 Å². The number of rotatable bonds is 15. The molecule has 0 rings (SSSR count). The van der Waals surface area contributed by atoms with Crippen molar-refractivity contribution in [1.82, 2.24) is 0 Å². The lowest BCUT2D eigenvalue weighted by Gasteiger charge is -1.99. The second kappa shape index (κ2) is 18.9. The van der Waals surface area contributed by atoms with Gasteiger partial charge in [-0.3, -0.25) is 0 Å². The van der Waals surface area contributed by atoms with E-state index in [2.05, 4.69) is 43.4 Å². The summed E-state index contributed by atoms with van der Waals surface area (Å²) in [5.74, 6) is 0. The number of carbonyl (C=O) groups is 1. The highest BCUT2D eigenvalue weighted by Gasteiger charge is 1.91. The van der Waals surface area contributed by atoms with Crippen LogP contribution in [0.4, 0.5) is 0 Å². The minimum absolute atomic E-state index is 0.744. The van der Waals surface area contributed by atoms with Gasteiger partial charge in [-0.25, -0.2) is 0 Å². The van der Waals surface area contributed by atoms with E-state index in [1.807, 2.05) is 0 Å². The predicted molar refractivity (Wildman–Crippen MR) is 94.6 cm³/mol. The first-order valence-electron chi connectivity index (χ1n) is 8.80. The predicted octanol–water partition coefficient (Wildman–Crippen LogP) is 6.56. The maximum Gasteiger partial charge on any atom is 0.119 e. The molecular weight excluding hydrogens is 256 g/mol. The molecule has 0 atom stereocenters. The Labute approximate surface area is 132 Å². The average Bonchev–Trinajstić information content (AvgIpc) is 2.50. The largest absolute Gasteiger partial charge is 0.303 e. The van der Waals surface area contributed by atoms with Gasteiger partial charge in [0.15, 0.2) is 0 Å². The smallest absolute Gasteiger partial charge is 0.119 e. The summed E-state index contributed by atoms with van der Waals surface area (Å²) in [6.45, 7) is 2.16. The van der Waals surface area contributed by atoms with E-state index < -0.39 is 0 Å². The first-order valence-corrected chi connectivity index (χ1v) is 8.80. The normalized spacial score (nSPS) is 12.0. The molecule has 0 amide bonds. The van der Waals surface area contributed by atoms with E-state index in [0.29, 0.717) is 0 Å². The fraction of sp³-hybridized carbons (Fsp3) is 0.650. The van der Waals surface area contributed by atoms with Crippen molar-refractivity contribution in [2.75, 3.05) is 0 Å².